The summed E-state index contributed by atoms with van der Waals surface area (Å²) in [6, 6.07) is 21.9. The minimum atomic E-state index is -0.964. The van der Waals surface area contributed by atoms with Crippen molar-refractivity contribution in [3.63, 3.8) is 0 Å². The molecule has 42 heavy (non-hydrogen) atoms. The van der Waals surface area contributed by atoms with Gasteiger partial charge in [-0.25, -0.2) is 17.6 Å². The maximum atomic E-state index is 14.0. The first kappa shape index (κ1) is 25.1. The molecule has 7 aromatic carbocycles. The van der Waals surface area contributed by atoms with Gasteiger partial charge in [0.1, 0.15) is 0 Å². The molecule has 0 unspecified atom stereocenters. The average molecular weight is 555 g/mol. The Hall–Kier alpha value is -5.86. The molecule has 0 aliphatic rings. The highest BCUT2D eigenvalue weighted by molar-refractivity contribution is 6.21. The monoisotopic (exact) mass is 554 g/mol. The summed E-state index contributed by atoms with van der Waals surface area (Å²) in [5.41, 5.74) is 2.20. The molecule has 0 radical (unpaired) electrons. The van der Waals surface area contributed by atoms with Gasteiger partial charge < -0.3 is 0 Å². The number of nitriles is 2. The van der Waals surface area contributed by atoms with E-state index in [1.54, 1.807) is 24.3 Å². The molecule has 0 atom stereocenters. The van der Waals surface area contributed by atoms with Gasteiger partial charge in [0, 0.05) is 21.5 Å². The maximum absolute atomic E-state index is 14.0. The smallest absolute Gasteiger partial charge is 0.204 e. The average Bonchev–Trinajstić information content (AvgIpc) is 3.46. The molecule has 7 aromatic rings. The molecule has 0 saturated carbocycles. The fourth-order valence-corrected chi connectivity index (χ4v) is 5.73. The summed E-state index contributed by atoms with van der Waals surface area (Å²) in [5, 5.41) is 25.7. The van der Waals surface area contributed by atoms with E-state index in [9.17, 15) is 28.1 Å². The summed E-state index contributed by atoms with van der Waals surface area (Å²) >= 11 is 0. The van der Waals surface area contributed by atoms with Crippen molar-refractivity contribution in [2.75, 3.05) is 0 Å². The van der Waals surface area contributed by atoms with Gasteiger partial charge in [0.2, 0.25) is 12.4 Å². The molecular formula is C34H14F4N4. The third kappa shape index (κ3) is 3.74. The minimum Gasteiger partial charge on any atom is -0.204 e. The summed E-state index contributed by atoms with van der Waals surface area (Å²) in [5.74, 6) is -3.81. The van der Waals surface area contributed by atoms with Crippen LogP contribution in [0.2, 0.25) is 0 Å². The van der Waals surface area contributed by atoms with Crippen molar-refractivity contribution in [1.82, 2.24) is 0 Å². The van der Waals surface area contributed by atoms with E-state index in [1.165, 1.54) is 12.1 Å². The first-order valence-electron chi connectivity index (χ1n) is 12.7. The van der Waals surface area contributed by atoms with Crippen LogP contribution >= 0.6 is 0 Å². The van der Waals surface area contributed by atoms with Gasteiger partial charge in [-0.1, -0.05) is 36.4 Å². The van der Waals surface area contributed by atoms with E-state index < -0.39 is 23.3 Å². The number of rotatable bonds is 2. The molecule has 0 heterocycles. The van der Waals surface area contributed by atoms with Gasteiger partial charge in [0.15, 0.2) is 23.3 Å². The second kappa shape index (κ2) is 9.36. The zero-order chi connectivity index (χ0) is 29.1. The highest BCUT2D eigenvalue weighted by atomic mass is 19.2. The van der Waals surface area contributed by atoms with Gasteiger partial charge in [0.05, 0.1) is 10.7 Å². The summed E-state index contributed by atoms with van der Waals surface area (Å²) < 4.78 is 55.0. The van der Waals surface area contributed by atoms with Crippen molar-refractivity contribution in [2.45, 2.75) is 0 Å². The van der Waals surface area contributed by atoms with Gasteiger partial charge in [-0.3, -0.25) is 0 Å². The van der Waals surface area contributed by atoms with E-state index >= 15 is 0 Å². The van der Waals surface area contributed by atoms with Crippen LogP contribution < -0.4 is 10.7 Å². The lowest BCUT2D eigenvalue weighted by Crippen LogP contribution is -1.99. The first-order chi connectivity index (χ1) is 20.4. The largest absolute Gasteiger partial charge is 0.206 e. The van der Waals surface area contributed by atoms with E-state index in [1.807, 2.05) is 36.7 Å². The molecule has 7 rings (SSSR count). The summed E-state index contributed by atoms with van der Waals surface area (Å²) in [4.78, 5) is 8.24. The summed E-state index contributed by atoms with van der Waals surface area (Å²) in [6.45, 7) is 0. The van der Waals surface area contributed by atoms with Gasteiger partial charge >= 0.3 is 0 Å². The highest BCUT2D eigenvalue weighted by Crippen LogP contribution is 2.35. The lowest BCUT2D eigenvalue weighted by Gasteiger charge is -2.03. The van der Waals surface area contributed by atoms with Crippen LogP contribution in [0, 0.1) is 46.2 Å². The third-order valence-corrected chi connectivity index (χ3v) is 7.63. The number of hydrogen-bond acceptors (Lipinski definition) is 4. The predicted octanol–water partition coefficient (Wildman–Crippen LogP) is 7.83. The standard InChI is InChI=1S/C34H14F4N4/c35-29-7-3-19(11-31(29)37)17-1-5-21-23-13-28-24(14-27(23)33(41-15-39)25(21)9-17)22-6-2-18(10-26(22)34(28)42-16-40)20-4-8-30(36)32(38)12-20/h1-14H/b41-33+,42-34+. The lowest BCUT2D eigenvalue weighted by molar-refractivity contribution is 0.509. The molecule has 198 valence electrons. The van der Waals surface area contributed by atoms with E-state index in [0.717, 1.165) is 45.8 Å². The molecule has 0 N–H and O–H groups in total. The Balaban J connectivity index is 1.53. The SMILES string of the molecule is N#C/N=c1\c2cc(-c3ccc(F)c(F)c3)ccc2c2cc3/c(=N/C#N)c4cc(-c5ccc(F)c(F)c5)ccc4c3cc12. The molecule has 0 aliphatic carbocycles. The number of nitrogens with zero attached hydrogens (tertiary/aromatic N) is 4. The highest BCUT2D eigenvalue weighted by Gasteiger charge is 2.17. The van der Waals surface area contributed by atoms with Crippen molar-refractivity contribution in [3.05, 3.63) is 119 Å². The number of fused-ring (bicyclic) bond motifs is 6. The van der Waals surface area contributed by atoms with Crippen LogP contribution in [0.5, 0.6) is 0 Å². The Kier molecular flexibility index (Phi) is 5.60. The van der Waals surface area contributed by atoms with Crippen LogP contribution in [0.25, 0.3) is 65.3 Å². The summed E-state index contributed by atoms with van der Waals surface area (Å²) in [7, 11) is 0. The quantitative estimate of drug-likeness (QED) is 0.161. The molecule has 0 spiro atoms. The van der Waals surface area contributed by atoms with Gasteiger partial charge in [0.25, 0.3) is 0 Å². The number of halogens is 4. The molecule has 0 aromatic heterocycles. The Morgan fingerprint density at radius 3 is 1.12 bits per heavy atom. The van der Waals surface area contributed by atoms with E-state index in [-0.39, 0.29) is 0 Å². The lowest BCUT2D eigenvalue weighted by atomic mass is 10.0. The van der Waals surface area contributed by atoms with Crippen molar-refractivity contribution in [1.29, 1.82) is 10.5 Å². The predicted molar refractivity (Wildman–Crippen MR) is 152 cm³/mol. The number of benzene rings is 5. The summed E-state index contributed by atoms with van der Waals surface area (Å²) in [6.07, 6.45) is 3.74. The van der Waals surface area contributed by atoms with Crippen LogP contribution in [0.15, 0.2) is 94.9 Å². The maximum Gasteiger partial charge on any atom is 0.206 e. The van der Waals surface area contributed by atoms with Gasteiger partial charge in [-0.05, 0) is 92.3 Å². The zero-order valence-corrected chi connectivity index (χ0v) is 21.4. The second-order valence-corrected chi connectivity index (χ2v) is 9.84. The van der Waals surface area contributed by atoms with Gasteiger partial charge in [-0.2, -0.15) is 20.5 Å². The molecule has 0 amide bonds. The normalized spacial score (nSPS) is 12.5. The topological polar surface area (TPSA) is 72.3 Å². The van der Waals surface area contributed by atoms with E-state index in [0.29, 0.717) is 54.5 Å². The Morgan fingerprint density at radius 1 is 0.381 bits per heavy atom. The molecular weight excluding hydrogens is 540 g/mol. The van der Waals surface area contributed by atoms with E-state index in [2.05, 4.69) is 9.98 Å². The molecule has 0 saturated heterocycles. The van der Waals surface area contributed by atoms with Crippen molar-refractivity contribution >= 4 is 43.1 Å². The minimum absolute atomic E-state index is 0.431. The molecule has 0 bridgehead atoms. The molecule has 0 aliphatic heterocycles. The van der Waals surface area contributed by atoms with Crippen molar-refractivity contribution < 1.29 is 17.6 Å². The van der Waals surface area contributed by atoms with Crippen LogP contribution in [0.4, 0.5) is 17.6 Å². The van der Waals surface area contributed by atoms with Crippen molar-refractivity contribution in [3.8, 4) is 34.6 Å². The first-order valence-corrected chi connectivity index (χ1v) is 12.7. The van der Waals surface area contributed by atoms with Gasteiger partial charge in [-0.15, -0.1) is 0 Å². The van der Waals surface area contributed by atoms with Crippen molar-refractivity contribution in [2.24, 2.45) is 9.98 Å². The fraction of sp³-hybridized carbons (Fsp3) is 0. The van der Waals surface area contributed by atoms with Crippen LogP contribution in [-0.4, -0.2) is 0 Å². The number of hydrogen-bond donors (Lipinski definition) is 0. The fourth-order valence-electron chi connectivity index (χ4n) is 5.73. The van der Waals surface area contributed by atoms with Crippen LogP contribution in [0.1, 0.15) is 0 Å². The third-order valence-electron chi connectivity index (χ3n) is 7.63. The Bertz CT molecular complexity index is 2320. The Labute approximate surface area is 234 Å². The molecule has 4 nitrogen and oxygen atoms in total. The Morgan fingerprint density at radius 2 is 0.738 bits per heavy atom. The van der Waals surface area contributed by atoms with Crippen LogP contribution in [0.3, 0.4) is 0 Å². The second-order valence-electron chi connectivity index (χ2n) is 9.84. The van der Waals surface area contributed by atoms with Crippen LogP contribution in [-0.2, 0) is 0 Å². The zero-order valence-electron chi connectivity index (χ0n) is 21.4. The molecule has 8 heteroatoms. The molecule has 0 fully saturated rings. The van der Waals surface area contributed by atoms with E-state index in [4.69, 9.17) is 0 Å².